The fourth-order valence-electron chi connectivity index (χ4n) is 2.31. The number of nitrogens with one attached hydrogen (secondary N) is 1. The SMILES string of the molecule is CCC[C@H](NC(=O)[C@@H](CSC(C)=O)Cc1ccccc1)C(=S)OC. The molecule has 0 spiro atoms. The molecule has 0 bridgehead atoms. The van der Waals surface area contributed by atoms with Crippen LogP contribution in [0.3, 0.4) is 0 Å². The minimum Gasteiger partial charge on any atom is -0.488 e. The highest BCUT2D eigenvalue weighted by atomic mass is 32.2. The van der Waals surface area contributed by atoms with Crippen LogP contribution < -0.4 is 5.32 Å². The van der Waals surface area contributed by atoms with Crippen LogP contribution >= 0.6 is 24.0 Å². The normalized spacial score (nSPS) is 13.0. The molecular weight excluding hydrogens is 342 g/mol. The zero-order valence-electron chi connectivity index (χ0n) is 14.4. The Balaban J connectivity index is 2.81. The Labute approximate surface area is 153 Å². The molecule has 0 saturated carbocycles. The van der Waals surface area contributed by atoms with Crippen LogP contribution in [0.25, 0.3) is 0 Å². The van der Waals surface area contributed by atoms with Crippen LogP contribution in [0.4, 0.5) is 0 Å². The summed E-state index contributed by atoms with van der Waals surface area (Å²) in [5.41, 5.74) is 1.07. The minimum absolute atomic E-state index is 0.0124. The molecule has 2 atom stereocenters. The molecule has 0 saturated heterocycles. The first-order valence-corrected chi connectivity index (χ1v) is 9.42. The summed E-state index contributed by atoms with van der Waals surface area (Å²) in [5, 5.41) is 3.39. The number of amides is 1. The Morgan fingerprint density at radius 2 is 1.96 bits per heavy atom. The van der Waals surface area contributed by atoms with Crippen molar-refractivity contribution in [3.63, 3.8) is 0 Å². The Kier molecular flexibility index (Phi) is 9.64. The summed E-state index contributed by atoms with van der Waals surface area (Å²) in [6.45, 7) is 3.55. The number of carbonyl (C=O) groups is 2. The van der Waals surface area contributed by atoms with Crippen LogP contribution in [0, 0.1) is 5.92 Å². The average Bonchev–Trinajstić information content (AvgIpc) is 2.58. The fourth-order valence-corrected chi connectivity index (χ4v) is 3.20. The van der Waals surface area contributed by atoms with Gasteiger partial charge in [-0.1, -0.05) is 55.4 Å². The molecule has 0 aliphatic rings. The Morgan fingerprint density at radius 3 is 2.50 bits per heavy atom. The molecule has 24 heavy (non-hydrogen) atoms. The molecule has 0 aliphatic heterocycles. The Hall–Kier alpha value is -1.40. The number of benzene rings is 1. The van der Waals surface area contributed by atoms with E-state index in [-0.39, 0.29) is 23.0 Å². The van der Waals surface area contributed by atoms with Gasteiger partial charge in [-0.05, 0) is 30.6 Å². The first kappa shape index (κ1) is 20.6. The predicted octanol–water partition coefficient (Wildman–Crippen LogP) is 3.38. The second-order valence-corrected chi connectivity index (χ2v) is 7.16. The van der Waals surface area contributed by atoms with Crippen molar-refractivity contribution in [1.82, 2.24) is 5.32 Å². The third-order valence-electron chi connectivity index (χ3n) is 3.56. The van der Waals surface area contributed by atoms with Crippen LogP contribution in [0.15, 0.2) is 30.3 Å². The topological polar surface area (TPSA) is 55.4 Å². The van der Waals surface area contributed by atoms with Crippen LogP contribution in [0.5, 0.6) is 0 Å². The molecule has 1 aromatic carbocycles. The number of hydrogen-bond acceptors (Lipinski definition) is 5. The zero-order valence-corrected chi connectivity index (χ0v) is 16.0. The van der Waals surface area contributed by atoms with E-state index in [1.165, 1.54) is 25.8 Å². The molecule has 0 unspecified atom stereocenters. The quantitative estimate of drug-likeness (QED) is 0.678. The zero-order chi connectivity index (χ0) is 17.9. The van der Waals surface area contributed by atoms with Crippen molar-refractivity contribution in [2.24, 2.45) is 5.92 Å². The van der Waals surface area contributed by atoms with Crippen LogP contribution in [-0.4, -0.2) is 35.0 Å². The Morgan fingerprint density at radius 1 is 1.29 bits per heavy atom. The average molecular weight is 368 g/mol. The molecule has 0 fully saturated rings. The second-order valence-electron chi connectivity index (χ2n) is 5.56. The Bertz CT molecular complexity index is 548. The van der Waals surface area contributed by atoms with Crippen LogP contribution in [0.2, 0.25) is 0 Å². The maximum atomic E-state index is 12.7. The minimum atomic E-state index is -0.291. The number of ether oxygens (including phenoxy) is 1. The van der Waals surface area contributed by atoms with Crippen molar-refractivity contribution in [3.05, 3.63) is 35.9 Å². The molecule has 1 amide bonds. The van der Waals surface area contributed by atoms with E-state index in [0.717, 1.165) is 18.4 Å². The van der Waals surface area contributed by atoms with Crippen molar-refractivity contribution in [1.29, 1.82) is 0 Å². The number of rotatable bonds is 9. The van der Waals surface area contributed by atoms with Gasteiger partial charge >= 0.3 is 0 Å². The predicted molar refractivity (Wildman–Crippen MR) is 103 cm³/mol. The maximum absolute atomic E-state index is 12.7. The van der Waals surface area contributed by atoms with Crippen molar-refractivity contribution < 1.29 is 14.3 Å². The number of carbonyl (C=O) groups excluding carboxylic acids is 2. The number of hydrogen-bond donors (Lipinski definition) is 1. The van der Waals surface area contributed by atoms with Gasteiger partial charge in [0.15, 0.2) is 10.2 Å². The smallest absolute Gasteiger partial charge is 0.224 e. The van der Waals surface area contributed by atoms with Gasteiger partial charge in [-0.3, -0.25) is 9.59 Å². The van der Waals surface area contributed by atoms with Gasteiger partial charge < -0.3 is 10.1 Å². The van der Waals surface area contributed by atoms with E-state index in [0.29, 0.717) is 17.2 Å². The van der Waals surface area contributed by atoms with Gasteiger partial charge in [0.1, 0.15) is 0 Å². The van der Waals surface area contributed by atoms with Gasteiger partial charge in [-0.15, -0.1) is 0 Å². The summed E-state index contributed by atoms with van der Waals surface area (Å²) in [6, 6.07) is 9.54. The van der Waals surface area contributed by atoms with E-state index in [2.05, 4.69) is 5.32 Å². The third kappa shape index (κ3) is 7.45. The van der Waals surface area contributed by atoms with Gasteiger partial charge in [-0.2, -0.15) is 0 Å². The molecule has 6 heteroatoms. The highest BCUT2D eigenvalue weighted by molar-refractivity contribution is 8.13. The van der Waals surface area contributed by atoms with E-state index in [4.69, 9.17) is 17.0 Å². The summed E-state index contributed by atoms with van der Waals surface area (Å²) < 4.78 is 5.12. The molecule has 0 aromatic heterocycles. The van der Waals surface area contributed by atoms with Gasteiger partial charge in [0.25, 0.3) is 0 Å². The van der Waals surface area contributed by atoms with Crippen molar-refractivity contribution >= 4 is 40.1 Å². The molecular formula is C18H25NO3S2. The van der Waals surface area contributed by atoms with Crippen molar-refractivity contribution in [2.75, 3.05) is 12.9 Å². The number of thiocarbonyl (C=S) groups is 1. The molecule has 1 rings (SSSR count). The first-order chi connectivity index (χ1) is 11.5. The highest BCUT2D eigenvalue weighted by Crippen LogP contribution is 2.16. The van der Waals surface area contributed by atoms with E-state index in [1.54, 1.807) is 0 Å². The van der Waals surface area contributed by atoms with E-state index in [9.17, 15) is 9.59 Å². The lowest BCUT2D eigenvalue weighted by Crippen LogP contribution is -2.44. The van der Waals surface area contributed by atoms with Crippen LogP contribution in [-0.2, 0) is 20.7 Å². The summed E-state index contributed by atoms with van der Waals surface area (Å²) in [4.78, 5) is 24.0. The fraction of sp³-hybridized carbons (Fsp3) is 0.500. The summed E-state index contributed by atoms with van der Waals surface area (Å²) in [6.07, 6.45) is 2.21. The van der Waals surface area contributed by atoms with Gasteiger partial charge in [0.2, 0.25) is 5.91 Å². The standard InChI is InChI=1S/C18H25NO3S2/c1-4-8-16(18(23)22-3)19-17(21)15(12-24-13(2)20)11-14-9-6-5-7-10-14/h5-7,9-10,15-16H,4,8,11-12H2,1-3H3,(H,19,21)/t15-,16+/m1/s1. The largest absolute Gasteiger partial charge is 0.488 e. The molecule has 4 nitrogen and oxygen atoms in total. The third-order valence-corrected chi connectivity index (χ3v) is 4.99. The van der Waals surface area contributed by atoms with Crippen LogP contribution in [0.1, 0.15) is 32.3 Å². The summed E-state index contributed by atoms with van der Waals surface area (Å²) in [7, 11) is 1.52. The molecule has 1 aromatic rings. The lowest BCUT2D eigenvalue weighted by Gasteiger charge is -2.22. The number of thioether (sulfide) groups is 1. The molecule has 0 aliphatic carbocycles. The summed E-state index contributed by atoms with van der Waals surface area (Å²) >= 11 is 6.36. The van der Waals surface area contributed by atoms with Crippen molar-refractivity contribution in [3.8, 4) is 0 Å². The van der Waals surface area contributed by atoms with Crippen molar-refractivity contribution in [2.45, 2.75) is 39.2 Å². The van der Waals surface area contributed by atoms with E-state index >= 15 is 0 Å². The maximum Gasteiger partial charge on any atom is 0.224 e. The molecule has 0 heterocycles. The monoisotopic (exact) mass is 367 g/mol. The van der Waals surface area contributed by atoms with E-state index in [1.807, 2.05) is 37.3 Å². The number of methoxy groups -OCH3 is 1. The van der Waals surface area contributed by atoms with Gasteiger partial charge in [0.05, 0.1) is 19.1 Å². The molecule has 0 radical (unpaired) electrons. The summed E-state index contributed by atoms with van der Waals surface area (Å²) in [5.74, 6) is 0.0695. The molecule has 132 valence electrons. The lowest BCUT2D eigenvalue weighted by atomic mass is 9.99. The highest BCUT2D eigenvalue weighted by Gasteiger charge is 2.24. The molecule has 1 N–H and O–H groups in total. The van der Waals surface area contributed by atoms with Gasteiger partial charge in [-0.25, -0.2) is 0 Å². The second kappa shape index (κ2) is 11.2. The van der Waals surface area contributed by atoms with Gasteiger partial charge in [0, 0.05) is 12.7 Å². The van der Waals surface area contributed by atoms with E-state index < -0.39 is 0 Å². The lowest BCUT2D eigenvalue weighted by molar-refractivity contribution is -0.124. The first-order valence-electron chi connectivity index (χ1n) is 8.03.